The number of likely N-dealkylation sites (N-methyl/N-ethyl adjacent to an activating group) is 1. The summed E-state index contributed by atoms with van der Waals surface area (Å²) < 4.78 is 1.68. The molecule has 1 unspecified atom stereocenters. The first kappa shape index (κ1) is 15.5. The van der Waals surface area contributed by atoms with Crippen LogP contribution in [-0.2, 0) is 11.3 Å². The van der Waals surface area contributed by atoms with Crippen molar-refractivity contribution >= 4 is 17.7 Å². The number of hydrogen-bond donors (Lipinski definition) is 2. The van der Waals surface area contributed by atoms with Gasteiger partial charge >= 0.3 is 0 Å². The van der Waals surface area contributed by atoms with Gasteiger partial charge in [-0.05, 0) is 23.9 Å². The molecule has 1 atom stereocenters. The maximum absolute atomic E-state index is 11.7. The molecule has 1 aromatic heterocycles. The van der Waals surface area contributed by atoms with Crippen LogP contribution >= 0.6 is 11.8 Å². The minimum atomic E-state index is -0.294. The van der Waals surface area contributed by atoms with Crippen LogP contribution in [0, 0.1) is 12.3 Å². The van der Waals surface area contributed by atoms with Gasteiger partial charge in [0.15, 0.2) is 0 Å². The lowest BCUT2D eigenvalue weighted by molar-refractivity contribution is -0.120. The van der Waals surface area contributed by atoms with E-state index in [0.717, 1.165) is 13.1 Å². The molecule has 1 amide bonds. The van der Waals surface area contributed by atoms with Crippen LogP contribution < -0.4 is 10.6 Å². The molecule has 0 aliphatic rings. The normalized spacial score (nSPS) is 11.8. The molecule has 2 N–H and O–H groups in total. The molecule has 104 valence electrons. The van der Waals surface area contributed by atoms with Gasteiger partial charge in [0, 0.05) is 6.54 Å². The summed E-state index contributed by atoms with van der Waals surface area (Å²) in [6.45, 7) is 6.41. The van der Waals surface area contributed by atoms with Crippen LogP contribution in [0.1, 0.15) is 13.8 Å². The average molecular weight is 282 g/mol. The molecule has 0 bridgehead atoms. The van der Waals surface area contributed by atoms with Crippen molar-refractivity contribution in [3.8, 4) is 12.3 Å². The van der Waals surface area contributed by atoms with Gasteiger partial charge in [-0.1, -0.05) is 24.6 Å². The second-order valence-corrected chi connectivity index (χ2v) is 5.03. The van der Waals surface area contributed by atoms with Crippen LogP contribution in [0.2, 0.25) is 0 Å². The molecule has 0 spiro atoms. The molecule has 0 radical (unpaired) electrons. The van der Waals surface area contributed by atoms with Gasteiger partial charge in [-0.2, -0.15) is 0 Å². The Morgan fingerprint density at radius 3 is 3.11 bits per heavy atom. The van der Waals surface area contributed by atoms with E-state index < -0.39 is 0 Å². The fourth-order valence-corrected chi connectivity index (χ4v) is 2.12. The van der Waals surface area contributed by atoms with Crippen molar-refractivity contribution in [1.82, 2.24) is 30.8 Å². The van der Waals surface area contributed by atoms with Crippen LogP contribution in [0.3, 0.4) is 0 Å². The highest BCUT2D eigenvalue weighted by Crippen LogP contribution is 2.19. The van der Waals surface area contributed by atoms with E-state index in [1.54, 1.807) is 11.6 Å². The van der Waals surface area contributed by atoms with Crippen LogP contribution in [0.15, 0.2) is 5.16 Å². The number of hydrogen-bond acceptors (Lipinski definition) is 6. The smallest absolute Gasteiger partial charge is 0.234 e. The minimum Gasteiger partial charge on any atom is -0.344 e. The largest absolute Gasteiger partial charge is 0.344 e. The summed E-state index contributed by atoms with van der Waals surface area (Å²) in [5, 5.41) is 17.6. The molecular formula is C11H18N6OS. The highest BCUT2D eigenvalue weighted by Gasteiger charge is 2.17. The van der Waals surface area contributed by atoms with E-state index in [9.17, 15) is 4.79 Å². The van der Waals surface area contributed by atoms with E-state index >= 15 is 0 Å². The van der Waals surface area contributed by atoms with Crippen molar-refractivity contribution in [1.29, 1.82) is 0 Å². The van der Waals surface area contributed by atoms with Crippen molar-refractivity contribution in [3.63, 3.8) is 0 Å². The van der Waals surface area contributed by atoms with Gasteiger partial charge in [0.05, 0.1) is 18.3 Å². The third kappa shape index (κ3) is 5.28. The van der Waals surface area contributed by atoms with Gasteiger partial charge in [0.25, 0.3) is 0 Å². The topological polar surface area (TPSA) is 84.7 Å². The Labute approximate surface area is 116 Å². The fourth-order valence-electron chi connectivity index (χ4n) is 1.28. The number of amides is 1. The Hall–Kier alpha value is -1.59. The van der Waals surface area contributed by atoms with Gasteiger partial charge in [-0.3, -0.25) is 4.79 Å². The highest BCUT2D eigenvalue weighted by molar-refractivity contribution is 8.00. The second-order valence-electron chi connectivity index (χ2n) is 3.72. The Morgan fingerprint density at radius 1 is 1.63 bits per heavy atom. The number of aromatic nitrogens is 4. The first-order valence-electron chi connectivity index (χ1n) is 6.03. The molecule has 19 heavy (non-hydrogen) atoms. The number of thioether (sulfide) groups is 1. The molecule has 1 heterocycles. The van der Waals surface area contributed by atoms with E-state index in [1.165, 1.54) is 11.8 Å². The predicted molar refractivity (Wildman–Crippen MR) is 73.5 cm³/mol. The molecule has 7 nitrogen and oxygen atoms in total. The van der Waals surface area contributed by atoms with E-state index in [2.05, 4.69) is 32.1 Å². The van der Waals surface area contributed by atoms with Crippen molar-refractivity contribution in [3.05, 3.63) is 0 Å². The number of nitrogens with zero attached hydrogens (tertiary/aromatic N) is 4. The molecule has 0 saturated carbocycles. The molecule has 0 fully saturated rings. The number of nitrogens with one attached hydrogen (secondary N) is 2. The highest BCUT2D eigenvalue weighted by atomic mass is 32.2. The Morgan fingerprint density at radius 2 is 2.42 bits per heavy atom. The lowest BCUT2D eigenvalue weighted by Crippen LogP contribution is -2.31. The monoisotopic (exact) mass is 282 g/mol. The van der Waals surface area contributed by atoms with E-state index in [0.29, 0.717) is 11.7 Å². The van der Waals surface area contributed by atoms with Gasteiger partial charge in [0.2, 0.25) is 11.1 Å². The van der Waals surface area contributed by atoms with Gasteiger partial charge < -0.3 is 10.6 Å². The summed E-state index contributed by atoms with van der Waals surface area (Å²) >= 11 is 1.31. The van der Waals surface area contributed by atoms with Gasteiger partial charge in [-0.15, -0.1) is 11.5 Å². The van der Waals surface area contributed by atoms with Crippen LogP contribution in [0.25, 0.3) is 0 Å². The van der Waals surface area contributed by atoms with E-state index in [4.69, 9.17) is 6.42 Å². The zero-order valence-electron chi connectivity index (χ0n) is 11.1. The number of tetrazole rings is 1. The Balaban J connectivity index is 2.50. The van der Waals surface area contributed by atoms with Crippen molar-refractivity contribution in [2.45, 2.75) is 30.8 Å². The predicted octanol–water partition coefficient (Wildman–Crippen LogP) is -0.487. The standard InChI is InChI=1S/C11H18N6OS/c1-4-6-13-10(18)9(3)19-11-14-15-16-17(11)8-7-12-5-2/h1,9,12H,5-8H2,2-3H3,(H,13,18). The van der Waals surface area contributed by atoms with Gasteiger partial charge in [-0.25, -0.2) is 4.68 Å². The fraction of sp³-hybridized carbons (Fsp3) is 0.636. The van der Waals surface area contributed by atoms with Crippen LogP contribution in [-0.4, -0.2) is 51.0 Å². The third-order valence-electron chi connectivity index (χ3n) is 2.27. The molecule has 8 heteroatoms. The molecule has 0 saturated heterocycles. The summed E-state index contributed by atoms with van der Waals surface area (Å²) in [7, 11) is 0. The van der Waals surface area contributed by atoms with E-state index in [1.807, 2.05) is 6.92 Å². The van der Waals surface area contributed by atoms with Gasteiger partial charge in [0.1, 0.15) is 0 Å². The third-order valence-corrected chi connectivity index (χ3v) is 3.34. The Bertz CT molecular complexity index is 441. The number of carbonyl (C=O) groups excluding carboxylic acids is 1. The summed E-state index contributed by atoms with van der Waals surface area (Å²) in [6, 6.07) is 0. The first-order chi connectivity index (χ1) is 9.19. The average Bonchev–Trinajstić information content (AvgIpc) is 2.83. The summed E-state index contributed by atoms with van der Waals surface area (Å²) in [6.07, 6.45) is 5.09. The molecular weight excluding hydrogens is 264 g/mol. The molecule has 0 aliphatic carbocycles. The number of terminal acetylenes is 1. The van der Waals surface area contributed by atoms with Crippen molar-refractivity contribution in [2.75, 3.05) is 19.6 Å². The molecule has 0 aromatic carbocycles. The lowest BCUT2D eigenvalue weighted by atomic mass is 10.4. The Kier molecular flexibility index (Phi) is 6.92. The summed E-state index contributed by atoms with van der Waals surface area (Å²) in [4.78, 5) is 11.7. The summed E-state index contributed by atoms with van der Waals surface area (Å²) in [5.74, 6) is 2.24. The quantitative estimate of drug-likeness (QED) is 0.380. The number of carbonyl (C=O) groups is 1. The van der Waals surface area contributed by atoms with Crippen molar-refractivity contribution < 1.29 is 4.79 Å². The van der Waals surface area contributed by atoms with Crippen LogP contribution in [0.4, 0.5) is 0 Å². The zero-order chi connectivity index (χ0) is 14.1. The minimum absolute atomic E-state index is 0.121. The molecule has 1 aromatic rings. The number of rotatable bonds is 8. The molecule has 0 aliphatic heterocycles. The van der Waals surface area contributed by atoms with Crippen molar-refractivity contribution in [2.24, 2.45) is 0 Å². The lowest BCUT2D eigenvalue weighted by Gasteiger charge is -2.10. The first-order valence-corrected chi connectivity index (χ1v) is 6.91. The maximum Gasteiger partial charge on any atom is 0.234 e. The van der Waals surface area contributed by atoms with E-state index in [-0.39, 0.29) is 17.7 Å². The second kappa shape index (κ2) is 8.50. The zero-order valence-corrected chi connectivity index (χ0v) is 11.9. The SMILES string of the molecule is C#CCNC(=O)C(C)Sc1nnnn1CCNCC. The maximum atomic E-state index is 11.7. The molecule has 1 rings (SSSR count). The van der Waals surface area contributed by atoms with Crippen LogP contribution in [0.5, 0.6) is 0 Å². The summed E-state index contributed by atoms with van der Waals surface area (Å²) in [5.41, 5.74) is 0.